The van der Waals surface area contributed by atoms with Crippen LogP contribution in [0.2, 0.25) is 20.0 Å². The Balaban J connectivity index is 0. The highest BCUT2D eigenvalue weighted by atomic mass is 16.4. The van der Waals surface area contributed by atoms with Crippen molar-refractivity contribution in [1.29, 1.82) is 0 Å². The van der Waals surface area contributed by atoms with Gasteiger partial charge in [0.1, 0.15) is 6.04 Å². The Morgan fingerprint density at radius 1 is 1.31 bits per heavy atom. The molecule has 0 saturated heterocycles. The quantitative estimate of drug-likeness (QED) is 0.514. The van der Waals surface area contributed by atoms with E-state index >= 15 is 0 Å². The van der Waals surface area contributed by atoms with E-state index in [0.717, 1.165) is 6.32 Å². The summed E-state index contributed by atoms with van der Waals surface area (Å²) in [4.78, 5) is 10.5. The van der Waals surface area contributed by atoms with E-state index < -0.39 is 19.1 Å². The van der Waals surface area contributed by atoms with Crippen molar-refractivity contribution < 1.29 is 19.9 Å². The summed E-state index contributed by atoms with van der Waals surface area (Å²) in [6.07, 6.45) is 0.861. The highest BCUT2D eigenvalue weighted by Gasteiger charge is 2.23. The minimum absolute atomic E-state index is 0.0258. The van der Waals surface area contributed by atoms with Crippen molar-refractivity contribution >= 4 is 19.9 Å². The minimum atomic E-state index is -0.930. The van der Waals surface area contributed by atoms with Gasteiger partial charge in [-0.25, -0.2) is 0 Å². The molecule has 0 amide bonds. The molecule has 16 heavy (non-hydrogen) atoms. The van der Waals surface area contributed by atoms with Crippen LogP contribution in [0.25, 0.3) is 0 Å². The number of carbonyl (C=O) groups is 1. The summed E-state index contributed by atoms with van der Waals surface area (Å²) in [7, 11) is -0.779. The van der Waals surface area contributed by atoms with Crippen molar-refractivity contribution in [2.75, 3.05) is 0 Å². The van der Waals surface area contributed by atoms with E-state index in [2.05, 4.69) is 5.23 Å². The molecule has 1 atom stereocenters. The number of carboxylic acid groups (broad SMARTS) is 1. The molecule has 94 valence electrons. The van der Waals surface area contributed by atoms with E-state index in [1.807, 2.05) is 6.92 Å². The third kappa shape index (κ3) is 11.6. The van der Waals surface area contributed by atoms with Gasteiger partial charge in [-0.05, 0) is 12.7 Å². The van der Waals surface area contributed by atoms with Gasteiger partial charge in [-0.15, -0.1) is 0 Å². The first kappa shape index (κ1) is 17.9. The fraction of sp³-hybridized carbons (Fsp3) is 0.889. The average Bonchev–Trinajstić information content (AvgIpc) is 2.14. The van der Waals surface area contributed by atoms with Crippen molar-refractivity contribution in [2.45, 2.75) is 46.8 Å². The molecule has 0 heterocycles. The second kappa shape index (κ2) is 9.69. The van der Waals surface area contributed by atoms with Gasteiger partial charge in [0.15, 0.2) is 0 Å². The number of aliphatic carboxylic acids is 1. The lowest BCUT2D eigenvalue weighted by Crippen LogP contribution is -2.47. The molecule has 0 fully saturated rings. The largest absolute Gasteiger partial charge is 0.480 e. The predicted molar refractivity (Wildman–Crippen MR) is 67.6 cm³/mol. The molecule has 4 N–H and O–H groups in total. The molecule has 0 unspecified atom stereocenters. The average molecular weight is 231 g/mol. The fourth-order valence-electron chi connectivity index (χ4n) is 0.809. The Labute approximate surface area is 98.5 Å². The highest BCUT2D eigenvalue weighted by Crippen LogP contribution is 2.01. The predicted octanol–water partition coefficient (Wildman–Crippen LogP) is 0.415. The van der Waals surface area contributed by atoms with Gasteiger partial charge in [0.2, 0.25) is 0 Å². The maximum absolute atomic E-state index is 10.5. The zero-order valence-corrected chi connectivity index (χ0v) is 10.8. The maximum atomic E-state index is 10.5. The number of hydrogen-bond acceptors (Lipinski definition) is 4. The van der Waals surface area contributed by atoms with Crippen LogP contribution in [-0.4, -0.2) is 41.1 Å². The summed E-state index contributed by atoms with van der Waals surface area (Å²) in [6.45, 7) is 8.68. The van der Waals surface area contributed by atoms with Crippen LogP contribution in [0.15, 0.2) is 0 Å². The Morgan fingerprint density at radius 3 is 1.75 bits per heavy atom. The van der Waals surface area contributed by atoms with E-state index in [9.17, 15) is 4.79 Å². The van der Waals surface area contributed by atoms with E-state index in [0.29, 0.717) is 0 Å². The molecule has 0 radical (unpaired) electrons. The lowest BCUT2D eigenvalue weighted by Gasteiger charge is -2.17. The minimum Gasteiger partial charge on any atom is -0.480 e. The van der Waals surface area contributed by atoms with Crippen LogP contribution in [0.1, 0.15) is 20.8 Å². The molecule has 0 aromatic rings. The molecule has 0 saturated carbocycles. The van der Waals surface area contributed by atoms with Gasteiger partial charge in [0, 0.05) is 0 Å². The van der Waals surface area contributed by atoms with Crippen molar-refractivity contribution in [3.63, 3.8) is 0 Å². The van der Waals surface area contributed by atoms with Gasteiger partial charge in [0.05, 0.1) is 0 Å². The lowest BCUT2D eigenvalue weighted by atomic mass is 9.69. The highest BCUT2D eigenvalue weighted by molar-refractivity contribution is 6.48. The monoisotopic (exact) mass is 231 g/mol. The first-order valence-corrected chi connectivity index (χ1v) is 5.57. The topological polar surface area (TPSA) is 89.8 Å². The molecule has 7 heteroatoms. The SMILES string of the molecule is CB(O)N[C@@H](C(=O)O)C(C)C.CCB(C)O. The van der Waals surface area contributed by atoms with E-state index in [4.69, 9.17) is 15.2 Å². The van der Waals surface area contributed by atoms with Crippen molar-refractivity contribution in [2.24, 2.45) is 5.92 Å². The van der Waals surface area contributed by atoms with Gasteiger partial charge in [-0.1, -0.05) is 33.9 Å². The third-order valence-corrected chi connectivity index (χ3v) is 1.94. The zero-order chi connectivity index (χ0) is 13.3. The summed E-state index contributed by atoms with van der Waals surface area (Å²) < 4.78 is 0. The second-order valence-corrected chi connectivity index (χ2v) is 4.16. The Morgan fingerprint density at radius 2 is 1.69 bits per heavy atom. The summed E-state index contributed by atoms with van der Waals surface area (Å²) in [5, 5.41) is 28.4. The van der Waals surface area contributed by atoms with Gasteiger partial charge in [-0.2, -0.15) is 0 Å². The third-order valence-electron chi connectivity index (χ3n) is 1.94. The molecular formula is C9H23B2NO4. The van der Waals surface area contributed by atoms with Crippen LogP contribution in [-0.2, 0) is 4.79 Å². The molecule has 0 rings (SSSR count). The molecule has 0 spiro atoms. The Bertz CT molecular complexity index is 188. The smallest absolute Gasteiger partial charge is 0.374 e. The van der Waals surface area contributed by atoms with Gasteiger partial charge in [0.25, 0.3) is 6.92 Å². The Kier molecular flexibility index (Phi) is 10.8. The van der Waals surface area contributed by atoms with Gasteiger partial charge < -0.3 is 20.4 Å². The molecule has 0 bridgehead atoms. The Hall–Kier alpha value is -0.520. The van der Waals surface area contributed by atoms with Crippen LogP contribution in [0, 0.1) is 5.92 Å². The van der Waals surface area contributed by atoms with Crippen molar-refractivity contribution in [1.82, 2.24) is 5.23 Å². The standard InChI is InChI=1S/C6H14BNO3.C3H9BO/c1-4(2)5(6(9)10)8-7(3)11;1-3-4(2)5/h4-5,8,11H,1-3H3,(H,9,10);5H,3H2,1-2H3/t5-;/m1./s1. The molecule has 0 aliphatic heterocycles. The zero-order valence-electron chi connectivity index (χ0n) is 10.8. The van der Waals surface area contributed by atoms with Crippen LogP contribution in [0.3, 0.4) is 0 Å². The van der Waals surface area contributed by atoms with Crippen LogP contribution >= 0.6 is 0 Å². The first-order chi connectivity index (χ1) is 7.22. The van der Waals surface area contributed by atoms with Gasteiger partial charge >= 0.3 is 13.0 Å². The number of hydrogen-bond donors (Lipinski definition) is 4. The number of carboxylic acids is 1. The summed E-state index contributed by atoms with van der Waals surface area (Å²) >= 11 is 0. The van der Waals surface area contributed by atoms with E-state index in [-0.39, 0.29) is 12.8 Å². The molecule has 5 nitrogen and oxygen atoms in total. The van der Waals surface area contributed by atoms with Gasteiger partial charge in [-0.3, -0.25) is 4.79 Å². The van der Waals surface area contributed by atoms with E-state index in [1.54, 1.807) is 20.7 Å². The van der Waals surface area contributed by atoms with Crippen LogP contribution in [0.4, 0.5) is 0 Å². The molecular weight excluding hydrogens is 208 g/mol. The van der Waals surface area contributed by atoms with Crippen molar-refractivity contribution in [3.8, 4) is 0 Å². The second-order valence-electron chi connectivity index (χ2n) is 4.16. The summed E-state index contributed by atoms with van der Waals surface area (Å²) in [6, 6.07) is -0.671. The molecule has 0 aromatic carbocycles. The number of rotatable bonds is 5. The summed E-state index contributed by atoms with van der Waals surface area (Å²) in [5.41, 5.74) is 0. The first-order valence-electron chi connectivity index (χ1n) is 5.57. The summed E-state index contributed by atoms with van der Waals surface area (Å²) in [5.74, 6) is -0.956. The van der Waals surface area contributed by atoms with Crippen molar-refractivity contribution in [3.05, 3.63) is 0 Å². The maximum Gasteiger partial charge on any atom is 0.374 e. The fourth-order valence-corrected chi connectivity index (χ4v) is 0.809. The molecule has 0 aromatic heterocycles. The van der Waals surface area contributed by atoms with Crippen LogP contribution < -0.4 is 5.23 Å². The van der Waals surface area contributed by atoms with Crippen LogP contribution in [0.5, 0.6) is 0 Å². The molecule has 0 aliphatic carbocycles. The normalized spacial score (nSPS) is 11.5. The molecule has 0 aliphatic rings. The lowest BCUT2D eigenvalue weighted by molar-refractivity contribution is -0.140. The van der Waals surface area contributed by atoms with E-state index in [1.165, 1.54) is 6.82 Å². The number of nitrogens with one attached hydrogen (secondary N) is 1.